The lowest BCUT2D eigenvalue weighted by Crippen LogP contribution is -2.04. The van der Waals surface area contributed by atoms with Gasteiger partial charge in [-0.15, -0.1) is 0 Å². The molecule has 114 valence electrons. The maximum absolute atomic E-state index is 12.0. The predicted octanol–water partition coefficient (Wildman–Crippen LogP) is 4.82. The van der Waals surface area contributed by atoms with Gasteiger partial charge in [0.25, 0.3) is 0 Å². The number of aromatic nitrogens is 1. The number of hydrogen-bond donors (Lipinski definition) is 0. The molecule has 0 unspecified atom stereocenters. The Morgan fingerprint density at radius 1 is 1.09 bits per heavy atom. The van der Waals surface area contributed by atoms with Gasteiger partial charge in [-0.25, -0.2) is 9.78 Å². The number of pyridine rings is 1. The summed E-state index contributed by atoms with van der Waals surface area (Å²) in [7, 11) is 0. The average molecular weight is 324 g/mol. The molecule has 0 N–H and O–H groups in total. The van der Waals surface area contributed by atoms with Crippen LogP contribution in [-0.4, -0.2) is 11.0 Å². The summed E-state index contributed by atoms with van der Waals surface area (Å²) >= 11 is 5.83. The molecule has 0 aliphatic heterocycles. The minimum atomic E-state index is -0.448. The van der Waals surface area contributed by atoms with Crippen LogP contribution in [0.5, 0.6) is 5.75 Å². The SMILES string of the molecule is Cc1ccc2cccc(OC(=O)/C=C/c3ccc(Cl)cc3)c2n1. The van der Waals surface area contributed by atoms with Gasteiger partial charge in [0.2, 0.25) is 0 Å². The molecule has 1 aromatic heterocycles. The Hall–Kier alpha value is -2.65. The number of ether oxygens (including phenoxy) is 1. The molecule has 2 aromatic carbocycles. The van der Waals surface area contributed by atoms with Crippen molar-refractivity contribution in [2.75, 3.05) is 0 Å². The third-order valence-corrected chi connectivity index (χ3v) is 3.57. The van der Waals surface area contributed by atoms with Crippen molar-refractivity contribution in [1.82, 2.24) is 4.98 Å². The fraction of sp³-hybridized carbons (Fsp3) is 0.0526. The molecule has 4 heteroatoms. The molecule has 0 aliphatic rings. The molecule has 0 fully saturated rings. The molecule has 3 aromatic rings. The van der Waals surface area contributed by atoms with Crippen molar-refractivity contribution in [3.63, 3.8) is 0 Å². The first-order valence-electron chi connectivity index (χ1n) is 7.14. The molecule has 0 saturated carbocycles. The van der Waals surface area contributed by atoms with Gasteiger partial charge < -0.3 is 4.74 Å². The van der Waals surface area contributed by atoms with E-state index in [4.69, 9.17) is 16.3 Å². The van der Waals surface area contributed by atoms with Gasteiger partial charge in [0.15, 0.2) is 5.75 Å². The van der Waals surface area contributed by atoms with Crippen LogP contribution in [-0.2, 0) is 4.79 Å². The van der Waals surface area contributed by atoms with Crippen LogP contribution in [0.25, 0.3) is 17.0 Å². The number of hydrogen-bond acceptors (Lipinski definition) is 3. The number of fused-ring (bicyclic) bond motifs is 1. The normalized spacial score (nSPS) is 11.0. The van der Waals surface area contributed by atoms with E-state index in [1.54, 1.807) is 24.3 Å². The summed E-state index contributed by atoms with van der Waals surface area (Å²) in [5, 5.41) is 1.59. The number of esters is 1. The number of nitrogens with zero attached hydrogens (tertiary/aromatic N) is 1. The van der Waals surface area contributed by atoms with E-state index in [9.17, 15) is 4.79 Å². The maximum Gasteiger partial charge on any atom is 0.336 e. The van der Waals surface area contributed by atoms with Crippen LogP contribution < -0.4 is 4.74 Å². The lowest BCUT2D eigenvalue weighted by Gasteiger charge is -2.06. The summed E-state index contributed by atoms with van der Waals surface area (Å²) in [4.78, 5) is 16.5. The van der Waals surface area contributed by atoms with E-state index in [-0.39, 0.29) is 0 Å². The lowest BCUT2D eigenvalue weighted by atomic mass is 10.2. The first-order chi connectivity index (χ1) is 11.1. The Balaban J connectivity index is 1.80. The van der Waals surface area contributed by atoms with Crippen molar-refractivity contribution in [1.29, 1.82) is 0 Å². The summed E-state index contributed by atoms with van der Waals surface area (Å²) in [5.41, 5.74) is 2.43. The van der Waals surface area contributed by atoms with Crippen LogP contribution in [0, 0.1) is 6.92 Å². The van der Waals surface area contributed by atoms with Gasteiger partial charge >= 0.3 is 5.97 Å². The van der Waals surface area contributed by atoms with Gasteiger partial charge in [0, 0.05) is 22.2 Å². The average Bonchev–Trinajstić information content (AvgIpc) is 2.55. The second-order valence-corrected chi connectivity index (χ2v) is 5.52. The van der Waals surface area contributed by atoms with E-state index in [0.717, 1.165) is 16.6 Å². The zero-order chi connectivity index (χ0) is 16.2. The summed E-state index contributed by atoms with van der Waals surface area (Å²) < 4.78 is 5.41. The van der Waals surface area contributed by atoms with Crippen molar-refractivity contribution in [3.05, 3.63) is 77.0 Å². The molecular formula is C19H14ClNO2. The molecule has 0 atom stereocenters. The number of rotatable bonds is 3. The number of carbonyl (C=O) groups excluding carboxylic acids is 1. The van der Waals surface area contributed by atoms with E-state index in [1.165, 1.54) is 6.08 Å². The van der Waals surface area contributed by atoms with E-state index in [2.05, 4.69) is 4.98 Å². The van der Waals surface area contributed by atoms with E-state index in [0.29, 0.717) is 16.3 Å². The molecule has 3 rings (SSSR count). The van der Waals surface area contributed by atoms with Crippen molar-refractivity contribution in [3.8, 4) is 5.75 Å². The third-order valence-electron chi connectivity index (χ3n) is 3.31. The molecule has 0 saturated heterocycles. The molecule has 1 heterocycles. The molecule has 0 radical (unpaired) electrons. The van der Waals surface area contributed by atoms with Crippen LogP contribution in [0.15, 0.2) is 60.7 Å². The molecular weight excluding hydrogens is 310 g/mol. The Bertz CT molecular complexity index is 886. The second-order valence-electron chi connectivity index (χ2n) is 5.09. The molecule has 0 spiro atoms. The summed E-state index contributed by atoms with van der Waals surface area (Å²) in [6.07, 6.45) is 3.07. The zero-order valence-electron chi connectivity index (χ0n) is 12.5. The largest absolute Gasteiger partial charge is 0.421 e. The minimum absolute atomic E-state index is 0.448. The van der Waals surface area contributed by atoms with Gasteiger partial charge in [-0.3, -0.25) is 0 Å². The summed E-state index contributed by atoms with van der Waals surface area (Å²) in [5.74, 6) is 0.00714. The molecule has 23 heavy (non-hydrogen) atoms. The van der Waals surface area contributed by atoms with Crippen LogP contribution >= 0.6 is 11.6 Å². The third kappa shape index (κ3) is 3.76. The first kappa shape index (κ1) is 15.3. The zero-order valence-corrected chi connectivity index (χ0v) is 13.2. The van der Waals surface area contributed by atoms with Gasteiger partial charge in [-0.1, -0.05) is 41.9 Å². The number of benzene rings is 2. The highest BCUT2D eigenvalue weighted by Gasteiger charge is 2.07. The topological polar surface area (TPSA) is 39.2 Å². The Morgan fingerprint density at radius 3 is 2.65 bits per heavy atom. The number of halogens is 1. The predicted molar refractivity (Wildman–Crippen MR) is 92.6 cm³/mol. The van der Waals surface area contributed by atoms with Crippen molar-refractivity contribution in [2.24, 2.45) is 0 Å². The molecule has 0 amide bonds. The van der Waals surface area contributed by atoms with E-state index in [1.807, 2.05) is 43.3 Å². The van der Waals surface area contributed by atoms with E-state index < -0.39 is 5.97 Å². The van der Waals surface area contributed by atoms with Gasteiger partial charge in [0.05, 0.1) is 0 Å². The standard InChI is InChI=1S/C19H14ClNO2/c1-13-5-9-15-3-2-4-17(19(15)21-13)23-18(22)12-8-14-6-10-16(20)11-7-14/h2-12H,1H3/b12-8+. The summed E-state index contributed by atoms with van der Waals surface area (Å²) in [6.45, 7) is 1.90. The quantitative estimate of drug-likeness (QED) is 0.394. The minimum Gasteiger partial charge on any atom is -0.421 e. The van der Waals surface area contributed by atoms with Gasteiger partial charge in [-0.2, -0.15) is 0 Å². The Labute approximate surface area is 139 Å². The van der Waals surface area contributed by atoms with Crippen molar-refractivity contribution >= 4 is 34.5 Å². The van der Waals surface area contributed by atoms with Crippen molar-refractivity contribution in [2.45, 2.75) is 6.92 Å². The Kier molecular flexibility index (Phi) is 4.40. The smallest absolute Gasteiger partial charge is 0.336 e. The number of carbonyl (C=O) groups is 1. The maximum atomic E-state index is 12.0. The summed E-state index contributed by atoms with van der Waals surface area (Å²) in [6, 6.07) is 16.6. The van der Waals surface area contributed by atoms with Crippen LogP contribution in [0.4, 0.5) is 0 Å². The fourth-order valence-corrected chi connectivity index (χ4v) is 2.31. The molecule has 0 aliphatic carbocycles. The van der Waals surface area contributed by atoms with Crippen molar-refractivity contribution < 1.29 is 9.53 Å². The Morgan fingerprint density at radius 2 is 1.87 bits per heavy atom. The van der Waals surface area contributed by atoms with Crippen LogP contribution in [0.2, 0.25) is 5.02 Å². The highest BCUT2D eigenvalue weighted by molar-refractivity contribution is 6.30. The van der Waals surface area contributed by atoms with E-state index >= 15 is 0 Å². The lowest BCUT2D eigenvalue weighted by molar-refractivity contribution is -0.128. The highest BCUT2D eigenvalue weighted by atomic mass is 35.5. The van der Waals surface area contributed by atoms with Crippen LogP contribution in [0.3, 0.4) is 0 Å². The highest BCUT2D eigenvalue weighted by Crippen LogP contribution is 2.24. The number of para-hydroxylation sites is 1. The van der Waals surface area contributed by atoms with Crippen LogP contribution in [0.1, 0.15) is 11.3 Å². The van der Waals surface area contributed by atoms with Gasteiger partial charge in [-0.05, 0) is 42.8 Å². The second kappa shape index (κ2) is 6.63. The monoisotopic (exact) mass is 323 g/mol. The van der Waals surface area contributed by atoms with Gasteiger partial charge in [0.1, 0.15) is 5.52 Å². The number of aryl methyl sites for hydroxylation is 1. The first-order valence-corrected chi connectivity index (χ1v) is 7.51. The fourth-order valence-electron chi connectivity index (χ4n) is 2.18. The molecule has 3 nitrogen and oxygen atoms in total. The molecule has 0 bridgehead atoms.